The fraction of sp³-hybridized carbons (Fsp3) is 0.556. The van der Waals surface area contributed by atoms with E-state index in [0.717, 1.165) is 48.8 Å². The smallest absolute Gasteiger partial charge is 0.256 e. The van der Waals surface area contributed by atoms with Crippen molar-refractivity contribution in [3.63, 3.8) is 0 Å². The van der Waals surface area contributed by atoms with Gasteiger partial charge in [0.2, 0.25) is 5.95 Å². The van der Waals surface area contributed by atoms with Crippen LogP contribution in [0.4, 0.5) is 11.6 Å². The van der Waals surface area contributed by atoms with E-state index in [1.54, 1.807) is 18.0 Å². The van der Waals surface area contributed by atoms with Gasteiger partial charge in [0.05, 0.1) is 30.3 Å². The van der Waals surface area contributed by atoms with Gasteiger partial charge in [0.1, 0.15) is 5.69 Å². The number of aryl methyl sites for hydroxylation is 1. The molecule has 1 aliphatic heterocycles. The second kappa shape index (κ2) is 7.21. The maximum Gasteiger partial charge on any atom is 0.256 e. The zero-order chi connectivity index (χ0) is 19.1. The molecule has 0 atom stereocenters. The van der Waals surface area contributed by atoms with Crippen LogP contribution in [-0.4, -0.2) is 49.3 Å². The minimum absolute atomic E-state index is 0.348. The molecule has 0 spiro atoms. The third kappa shape index (κ3) is 3.18. The first-order valence-electron chi connectivity index (χ1n) is 9.62. The predicted molar refractivity (Wildman–Crippen MR) is 104 cm³/mol. The highest BCUT2D eigenvalue weighted by Gasteiger charge is 2.25. The van der Waals surface area contributed by atoms with E-state index in [2.05, 4.69) is 20.4 Å². The Labute approximate surface area is 167 Å². The lowest BCUT2D eigenvalue weighted by molar-refractivity contribution is 0.0566. The molecule has 28 heavy (non-hydrogen) atoms. The van der Waals surface area contributed by atoms with Crippen LogP contribution in [0.15, 0.2) is 12.4 Å². The summed E-state index contributed by atoms with van der Waals surface area (Å²) in [6.07, 6.45) is 8.99. The van der Waals surface area contributed by atoms with E-state index in [1.807, 2.05) is 10.9 Å². The van der Waals surface area contributed by atoms with E-state index in [4.69, 9.17) is 26.2 Å². The van der Waals surface area contributed by atoms with Gasteiger partial charge in [-0.05, 0) is 25.7 Å². The van der Waals surface area contributed by atoms with Crippen molar-refractivity contribution in [2.45, 2.75) is 50.8 Å². The van der Waals surface area contributed by atoms with Crippen LogP contribution in [0.1, 0.15) is 38.1 Å². The molecule has 2 bridgehead atoms. The number of rotatable bonds is 2. The van der Waals surface area contributed by atoms with Crippen LogP contribution in [0.25, 0.3) is 11.0 Å². The van der Waals surface area contributed by atoms with Crippen LogP contribution >= 0.6 is 11.6 Å². The second-order valence-electron chi connectivity index (χ2n) is 7.27. The van der Waals surface area contributed by atoms with Crippen LogP contribution in [0.5, 0.6) is 5.88 Å². The summed E-state index contributed by atoms with van der Waals surface area (Å²) in [4.78, 5) is 8.99. The van der Waals surface area contributed by atoms with E-state index in [-0.39, 0.29) is 0 Å². The molecule has 2 aliphatic rings. The molecule has 0 saturated heterocycles. The zero-order valence-electron chi connectivity index (χ0n) is 15.6. The van der Waals surface area contributed by atoms with Crippen LogP contribution in [0.2, 0.25) is 5.15 Å². The highest BCUT2D eigenvalue weighted by Crippen LogP contribution is 2.34. The van der Waals surface area contributed by atoms with E-state index < -0.39 is 0 Å². The number of hydrogen-bond donors (Lipinski definition) is 1. The summed E-state index contributed by atoms with van der Waals surface area (Å²) in [5.74, 6) is 1.05. The molecule has 9 nitrogen and oxygen atoms in total. The van der Waals surface area contributed by atoms with Gasteiger partial charge in [0.25, 0.3) is 5.88 Å². The minimum Gasteiger partial charge on any atom is -0.475 e. The summed E-state index contributed by atoms with van der Waals surface area (Å²) in [5.41, 5.74) is 1.49. The van der Waals surface area contributed by atoms with E-state index in [1.165, 1.54) is 0 Å². The first kappa shape index (κ1) is 17.7. The maximum absolute atomic E-state index is 6.21. The van der Waals surface area contributed by atoms with E-state index >= 15 is 0 Å². The average molecular weight is 404 g/mol. The highest BCUT2D eigenvalue weighted by atomic mass is 35.5. The SMILES string of the molecule is CO[C@H]1CC[C@H](n2cc3c(n2)OCCCn2nc(Cl)c4cnc(nc42)N3)CC1. The average Bonchev–Trinajstić information content (AvgIpc) is 3.25. The molecule has 1 saturated carbocycles. The standard InChI is InChI=1S/C18H22ClN7O2/c1-27-12-5-3-11(4-6-12)26-10-14-17(24-26)28-8-2-7-25-16-13(15(19)23-25)9-20-18(21-14)22-16/h9-12H,2-8H2,1H3,(H,20,21,22)/t11-,12-. The van der Waals surface area contributed by atoms with Gasteiger partial charge in [-0.15, -0.1) is 5.10 Å². The molecule has 10 heteroatoms. The van der Waals surface area contributed by atoms with Crippen molar-refractivity contribution in [2.75, 3.05) is 19.0 Å². The molecule has 4 heterocycles. The number of methoxy groups -OCH3 is 1. The molecule has 3 aromatic rings. The molecule has 5 rings (SSSR count). The van der Waals surface area contributed by atoms with E-state index in [9.17, 15) is 0 Å². The Hall–Kier alpha value is -2.39. The van der Waals surface area contributed by atoms with Crippen LogP contribution in [-0.2, 0) is 11.3 Å². The molecule has 0 unspecified atom stereocenters. The number of aromatic nitrogens is 6. The first-order valence-corrected chi connectivity index (χ1v) is 10.00. The third-order valence-corrected chi connectivity index (χ3v) is 5.77. The fourth-order valence-electron chi connectivity index (χ4n) is 3.94. The summed E-state index contributed by atoms with van der Waals surface area (Å²) in [7, 11) is 1.78. The molecular weight excluding hydrogens is 382 g/mol. The largest absolute Gasteiger partial charge is 0.475 e. The minimum atomic E-state index is 0.348. The quantitative estimate of drug-likeness (QED) is 0.701. The van der Waals surface area contributed by atoms with Gasteiger partial charge < -0.3 is 14.8 Å². The number of nitrogens with zero attached hydrogens (tertiary/aromatic N) is 6. The molecule has 1 N–H and O–H groups in total. The van der Waals surface area contributed by atoms with Gasteiger partial charge >= 0.3 is 0 Å². The van der Waals surface area contributed by atoms with E-state index in [0.29, 0.717) is 42.3 Å². The zero-order valence-corrected chi connectivity index (χ0v) is 16.4. The molecule has 3 aromatic heterocycles. The summed E-state index contributed by atoms with van der Waals surface area (Å²) in [5, 5.41) is 13.5. The monoisotopic (exact) mass is 403 g/mol. The Morgan fingerprint density at radius 1 is 1.25 bits per heavy atom. The number of fused-ring (bicyclic) bond motifs is 2. The predicted octanol–water partition coefficient (Wildman–Crippen LogP) is 3.33. The van der Waals surface area contributed by atoms with Gasteiger partial charge in [-0.2, -0.15) is 10.1 Å². The van der Waals surface area contributed by atoms with Crippen LogP contribution in [0, 0.1) is 0 Å². The summed E-state index contributed by atoms with van der Waals surface area (Å²) in [6, 6.07) is 0.348. The molecule has 0 radical (unpaired) electrons. The van der Waals surface area contributed by atoms with Crippen molar-refractivity contribution in [3.8, 4) is 5.88 Å². The van der Waals surface area contributed by atoms with Crippen molar-refractivity contribution in [2.24, 2.45) is 0 Å². The maximum atomic E-state index is 6.21. The highest BCUT2D eigenvalue weighted by molar-refractivity contribution is 6.34. The molecule has 0 amide bonds. The van der Waals surface area contributed by atoms with Crippen molar-refractivity contribution in [3.05, 3.63) is 17.5 Å². The van der Waals surface area contributed by atoms with Crippen LogP contribution < -0.4 is 10.1 Å². The van der Waals surface area contributed by atoms with Gasteiger partial charge in [0, 0.05) is 26.3 Å². The van der Waals surface area contributed by atoms with Crippen LogP contribution in [0.3, 0.4) is 0 Å². The van der Waals surface area contributed by atoms with Crippen molar-refractivity contribution >= 4 is 34.3 Å². The fourth-order valence-corrected chi connectivity index (χ4v) is 4.17. The summed E-state index contributed by atoms with van der Waals surface area (Å²) in [6.45, 7) is 1.20. The van der Waals surface area contributed by atoms with Gasteiger partial charge in [0.15, 0.2) is 10.8 Å². The number of anilines is 2. The lowest BCUT2D eigenvalue weighted by Gasteiger charge is -2.27. The Morgan fingerprint density at radius 3 is 2.93 bits per heavy atom. The van der Waals surface area contributed by atoms with Gasteiger partial charge in [-0.3, -0.25) is 4.68 Å². The Kier molecular flexibility index (Phi) is 4.56. The molecule has 1 fully saturated rings. The molecular formula is C18H22ClN7O2. The second-order valence-corrected chi connectivity index (χ2v) is 7.62. The normalized spacial score (nSPS) is 22.4. The summed E-state index contributed by atoms with van der Waals surface area (Å²) < 4.78 is 15.3. The lowest BCUT2D eigenvalue weighted by atomic mass is 9.93. The first-order chi connectivity index (χ1) is 13.7. The third-order valence-electron chi connectivity index (χ3n) is 5.49. The van der Waals surface area contributed by atoms with Crippen molar-refractivity contribution in [1.29, 1.82) is 0 Å². The molecule has 0 aromatic carbocycles. The number of ether oxygens (including phenoxy) is 2. The Morgan fingerprint density at radius 2 is 2.11 bits per heavy atom. The summed E-state index contributed by atoms with van der Waals surface area (Å²) >= 11 is 6.21. The molecule has 148 valence electrons. The lowest BCUT2D eigenvalue weighted by Crippen LogP contribution is -2.23. The topological polar surface area (TPSA) is 91.9 Å². The molecule has 1 aliphatic carbocycles. The number of nitrogens with one attached hydrogen (secondary N) is 1. The van der Waals surface area contributed by atoms with Gasteiger partial charge in [-0.25, -0.2) is 9.67 Å². The van der Waals surface area contributed by atoms with Crippen molar-refractivity contribution < 1.29 is 9.47 Å². The Bertz CT molecular complexity index is 993. The number of halogens is 1. The van der Waals surface area contributed by atoms with Gasteiger partial charge in [-0.1, -0.05) is 11.6 Å². The Balaban J connectivity index is 1.46. The van der Waals surface area contributed by atoms with Crippen molar-refractivity contribution in [1.82, 2.24) is 29.5 Å². The number of hydrogen-bond acceptors (Lipinski definition) is 7.